The van der Waals surface area contributed by atoms with Gasteiger partial charge in [0.15, 0.2) is 5.96 Å². The van der Waals surface area contributed by atoms with Gasteiger partial charge in [-0.15, -0.1) is 0 Å². The van der Waals surface area contributed by atoms with Crippen molar-refractivity contribution in [3.63, 3.8) is 0 Å². The summed E-state index contributed by atoms with van der Waals surface area (Å²) in [6, 6.07) is 9.42. The van der Waals surface area contributed by atoms with E-state index in [-0.39, 0.29) is 0 Å². The van der Waals surface area contributed by atoms with Gasteiger partial charge < -0.3 is 15.0 Å². The molecule has 3 rings (SSSR count). The number of hydrogen-bond donors (Lipinski definition) is 1. The average Bonchev–Trinajstić information content (AvgIpc) is 2.75. The van der Waals surface area contributed by atoms with Gasteiger partial charge in [-0.1, -0.05) is 31.2 Å². The lowest BCUT2D eigenvalue weighted by Crippen LogP contribution is -2.48. The maximum Gasteiger partial charge on any atom is 0.193 e. The SMILES string of the molecule is CCC(CNC(=NC)N(C)CCC1CCOCC1)N1CCc2ccccc2C1. The van der Waals surface area contributed by atoms with Gasteiger partial charge in [0.25, 0.3) is 0 Å². The third-order valence-electron chi connectivity index (χ3n) is 6.43. The Kier molecular flexibility index (Phi) is 8.16. The highest BCUT2D eigenvalue weighted by atomic mass is 16.5. The molecular weight excluding hydrogens is 348 g/mol. The topological polar surface area (TPSA) is 40.1 Å². The van der Waals surface area contributed by atoms with Gasteiger partial charge in [0, 0.05) is 59.5 Å². The molecule has 5 heteroatoms. The number of nitrogens with one attached hydrogen (secondary N) is 1. The molecule has 1 unspecified atom stereocenters. The maximum absolute atomic E-state index is 5.48. The standard InChI is InChI=1S/C23H38N4O/c1-4-22(27-14-10-20-7-5-6-8-21(20)18-27)17-25-23(24-2)26(3)13-9-19-11-15-28-16-12-19/h5-8,19,22H,4,9-18H2,1-3H3,(H,24,25). The number of benzene rings is 1. The number of hydrogen-bond acceptors (Lipinski definition) is 3. The Balaban J connectivity index is 1.47. The molecule has 0 amide bonds. The Morgan fingerprint density at radius 2 is 2.04 bits per heavy atom. The summed E-state index contributed by atoms with van der Waals surface area (Å²) >= 11 is 0. The zero-order chi connectivity index (χ0) is 19.8. The second kappa shape index (κ2) is 10.8. The first-order valence-electron chi connectivity index (χ1n) is 11.0. The van der Waals surface area contributed by atoms with Crippen LogP contribution in [0.5, 0.6) is 0 Å². The third kappa shape index (κ3) is 5.71. The molecule has 28 heavy (non-hydrogen) atoms. The van der Waals surface area contributed by atoms with Crippen LogP contribution in [0.25, 0.3) is 0 Å². The molecule has 0 saturated carbocycles. The van der Waals surface area contributed by atoms with Crippen molar-refractivity contribution in [1.29, 1.82) is 0 Å². The minimum atomic E-state index is 0.536. The van der Waals surface area contributed by atoms with Crippen molar-refractivity contribution in [1.82, 2.24) is 15.1 Å². The fourth-order valence-corrected chi connectivity index (χ4v) is 4.47. The molecule has 2 aliphatic rings. The molecule has 0 aromatic heterocycles. The van der Waals surface area contributed by atoms with E-state index in [0.29, 0.717) is 6.04 Å². The summed E-state index contributed by atoms with van der Waals surface area (Å²) in [7, 11) is 4.05. The van der Waals surface area contributed by atoms with Gasteiger partial charge >= 0.3 is 0 Å². The first-order chi connectivity index (χ1) is 13.7. The molecule has 5 nitrogen and oxygen atoms in total. The van der Waals surface area contributed by atoms with Gasteiger partial charge in [-0.3, -0.25) is 9.89 Å². The molecule has 0 aliphatic carbocycles. The summed E-state index contributed by atoms with van der Waals surface area (Å²) in [6.07, 6.45) is 5.94. The number of nitrogens with zero attached hydrogens (tertiary/aromatic N) is 3. The summed E-state index contributed by atoms with van der Waals surface area (Å²) < 4.78 is 5.48. The quantitative estimate of drug-likeness (QED) is 0.577. The lowest BCUT2D eigenvalue weighted by Gasteiger charge is -2.36. The molecule has 0 spiro atoms. The van der Waals surface area contributed by atoms with Crippen LogP contribution in [-0.2, 0) is 17.7 Å². The minimum Gasteiger partial charge on any atom is -0.381 e. The van der Waals surface area contributed by atoms with Gasteiger partial charge in [0.2, 0.25) is 0 Å². The number of rotatable bonds is 7. The van der Waals surface area contributed by atoms with Crippen LogP contribution in [0, 0.1) is 5.92 Å². The highest BCUT2D eigenvalue weighted by Crippen LogP contribution is 2.21. The van der Waals surface area contributed by atoms with Gasteiger partial charge in [0.05, 0.1) is 0 Å². The van der Waals surface area contributed by atoms with E-state index in [9.17, 15) is 0 Å². The van der Waals surface area contributed by atoms with Crippen LogP contribution in [0.1, 0.15) is 43.7 Å². The van der Waals surface area contributed by atoms with Crippen LogP contribution in [0.2, 0.25) is 0 Å². The number of fused-ring (bicyclic) bond motifs is 1. The van der Waals surface area contributed by atoms with Gasteiger partial charge in [-0.25, -0.2) is 0 Å². The molecular formula is C23H38N4O. The maximum atomic E-state index is 5.48. The van der Waals surface area contributed by atoms with Gasteiger partial charge in [-0.2, -0.15) is 0 Å². The summed E-state index contributed by atoms with van der Waals surface area (Å²) in [5.74, 6) is 1.81. The molecule has 2 heterocycles. The summed E-state index contributed by atoms with van der Waals surface area (Å²) in [5.41, 5.74) is 3.01. The molecule has 1 saturated heterocycles. The Bertz CT molecular complexity index is 627. The van der Waals surface area contributed by atoms with Crippen molar-refractivity contribution in [2.24, 2.45) is 10.9 Å². The van der Waals surface area contributed by atoms with E-state index in [1.807, 2.05) is 7.05 Å². The van der Waals surface area contributed by atoms with Crippen molar-refractivity contribution in [3.8, 4) is 0 Å². The van der Waals surface area contributed by atoms with Gasteiger partial charge in [0.1, 0.15) is 0 Å². The van der Waals surface area contributed by atoms with Crippen LogP contribution in [0.3, 0.4) is 0 Å². The van der Waals surface area contributed by atoms with Crippen molar-refractivity contribution >= 4 is 5.96 Å². The Morgan fingerprint density at radius 1 is 1.29 bits per heavy atom. The van der Waals surface area contributed by atoms with Crippen LogP contribution in [0.4, 0.5) is 0 Å². The fraction of sp³-hybridized carbons (Fsp3) is 0.696. The predicted molar refractivity (Wildman–Crippen MR) is 117 cm³/mol. The summed E-state index contributed by atoms with van der Waals surface area (Å²) in [4.78, 5) is 9.44. The molecule has 1 N–H and O–H groups in total. The number of aliphatic imine (C=N–C) groups is 1. The Morgan fingerprint density at radius 3 is 2.75 bits per heavy atom. The molecule has 1 aromatic rings. The van der Waals surface area contributed by atoms with Crippen molar-refractivity contribution in [2.45, 2.75) is 51.6 Å². The Hall–Kier alpha value is -1.59. The zero-order valence-electron chi connectivity index (χ0n) is 18.0. The van der Waals surface area contributed by atoms with Crippen LogP contribution < -0.4 is 5.32 Å². The highest BCUT2D eigenvalue weighted by Gasteiger charge is 2.23. The Labute approximate surface area is 171 Å². The fourth-order valence-electron chi connectivity index (χ4n) is 4.47. The monoisotopic (exact) mass is 386 g/mol. The van der Waals surface area contributed by atoms with Crippen LogP contribution in [-0.4, -0.2) is 68.7 Å². The molecule has 1 atom stereocenters. The van der Waals surface area contributed by atoms with Crippen molar-refractivity contribution in [2.75, 3.05) is 46.9 Å². The highest BCUT2D eigenvalue weighted by molar-refractivity contribution is 5.79. The largest absolute Gasteiger partial charge is 0.381 e. The van der Waals surface area contributed by atoms with E-state index in [4.69, 9.17) is 4.74 Å². The van der Waals surface area contributed by atoms with Crippen LogP contribution >= 0.6 is 0 Å². The first kappa shape index (κ1) is 21.1. The van der Waals surface area contributed by atoms with Gasteiger partial charge in [-0.05, 0) is 49.1 Å². The molecule has 1 fully saturated rings. The second-order valence-electron chi connectivity index (χ2n) is 8.25. The average molecular weight is 387 g/mol. The van der Waals surface area contributed by atoms with E-state index in [2.05, 4.69) is 58.3 Å². The molecule has 1 aromatic carbocycles. The van der Waals surface area contributed by atoms with E-state index in [1.165, 1.54) is 30.4 Å². The molecule has 2 aliphatic heterocycles. The van der Waals surface area contributed by atoms with Crippen LogP contribution in [0.15, 0.2) is 29.3 Å². The van der Waals surface area contributed by atoms with E-state index in [1.54, 1.807) is 0 Å². The summed E-state index contributed by atoms with van der Waals surface area (Å²) in [5, 5.41) is 3.64. The molecule has 156 valence electrons. The lowest BCUT2D eigenvalue weighted by atomic mass is 9.96. The van der Waals surface area contributed by atoms with E-state index in [0.717, 1.165) is 64.1 Å². The zero-order valence-corrected chi connectivity index (χ0v) is 18.0. The summed E-state index contributed by atoms with van der Waals surface area (Å²) in [6.45, 7) is 8.37. The second-order valence-corrected chi connectivity index (χ2v) is 8.25. The predicted octanol–water partition coefficient (Wildman–Crippen LogP) is 3.15. The first-order valence-corrected chi connectivity index (χ1v) is 11.0. The number of guanidine groups is 1. The normalized spacial score (nSPS) is 19.9. The van der Waals surface area contributed by atoms with E-state index < -0.39 is 0 Å². The third-order valence-corrected chi connectivity index (χ3v) is 6.43. The van der Waals surface area contributed by atoms with Crippen molar-refractivity contribution in [3.05, 3.63) is 35.4 Å². The van der Waals surface area contributed by atoms with E-state index >= 15 is 0 Å². The molecule has 0 bridgehead atoms. The smallest absolute Gasteiger partial charge is 0.193 e. The van der Waals surface area contributed by atoms with Crippen molar-refractivity contribution < 1.29 is 4.74 Å². The minimum absolute atomic E-state index is 0.536. The lowest BCUT2D eigenvalue weighted by molar-refractivity contribution is 0.0625. The number of ether oxygens (including phenoxy) is 1. The molecule has 0 radical (unpaired) electrons.